The summed E-state index contributed by atoms with van der Waals surface area (Å²) in [6.07, 6.45) is 2.22. The summed E-state index contributed by atoms with van der Waals surface area (Å²) in [6.45, 7) is 9.89. The summed E-state index contributed by atoms with van der Waals surface area (Å²) in [5.41, 5.74) is 4.47. The van der Waals surface area contributed by atoms with Gasteiger partial charge in [-0.15, -0.1) is 0 Å². The molecule has 0 aromatic heterocycles. The third-order valence-electron chi connectivity index (χ3n) is 1.33. The summed E-state index contributed by atoms with van der Waals surface area (Å²) in [5.74, 6) is -0.226. The highest BCUT2D eigenvalue weighted by Gasteiger charge is 1.85. The minimum Gasteiger partial charge on any atom is -0.370 e. The van der Waals surface area contributed by atoms with Crippen LogP contribution < -0.4 is 16.4 Å². The molecule has 0 aromatic rings. The molecule has 0 radical (unpaired) electrons. The molecule has 0 spiro atoms. The number of hydrogen-bond donors (Lipinski definition) is 3. The molecule has 0 saturated heterocycles. The van der Waals surface area contributed by atoms with Crippen molar-refractivity contribution in [2.24, 2.45) is 5.73 Å². The van der Waals surface area contributed by atoms with E-state index in [1.807, 2.05) is 6.92 Å². The number of nitrogens with two attached hydrogens (primary N) is 1. The third-order valence-corrected chi connectivity index (χ3v) is 1.33. The Labute approximate surface area is 110 Å². The Kier molecular flexibility index (Phi) is 21.4. The fraction of sp³-hybridized carbons (Fsp3) is 0.750. The maximum atomic E-state index is 10.2. The molecule has 0 unspecified atom stereocenters. The van der Waals surface area contributed by atoms with Crippen LogP contribution in [0, 0.1) is 0 Å². The molecule has 108 valence electrons. The number of amides is 3. The Bertz CT molecular complexity index is 227. The van der Waals surface area contributed by atoms with E-state index in [-0.39, 0.29) is 17.7 Å². The van der Waals surface area contributed by atoms with Crippen LogP contribution in [0.5, 0.6) is 0 Å². The molecule has 0 aromatic carbocycles. The molecule has 0 atom stereocenters. The van der Waals surface area contributed by atoms with E-state index in [4.69, 9.17) is 0 Å². The highest BCUT2D eigenvalue weighted by Crippen LogP contribution is 1.80. The molecule has 0 rings (SSSR count). The summed E-state index contributed by atoms with van der Waals surface area (Å²) >= 11 is 0. The normalized spacial score (nSPS) is 7.83. The zero-order valence-corrected chi connectivity index (χ0v) is 12.1. The van der Waals surface area contributed by atoms with Gasteiger partial charge in [0.15, 0.2) is 0 Å². The van der Waals surface area contributed by atoms with Crippen LogP contribution in [0.25, 0.3) is 0 Å². The van der Waals surface area contributed by atoms with Crippen molar-refractivity contribution in [1.29, 1.82) is 0 Å². The van der Waals surface area contributed by atoms with Crippen molar-refractivity contribution in [2.45, 2.75) is 47.5 Å². The highest BCUT2D eigenvalue weighted by molar-refractivity contribution is 5.73. The van der Waals surface area contributed by atoms with Crippen LogP contribution in [-0.2, 0) is 14.4 Å². The highest BCUT2D eigenvalue weighted by atomic mass is 16.2. The quantitative estimate of drug-likeness (QED) is 0.644. The summed E-state index contributed by atoms with van der Waals surface area (Å²) < 4.78 is 0. The number of nitrogens with one attached hydrogen (secondary N) is 2. The zero-order valence-electron chi connectivity index (χ0n) is 12.1. The molecule has 6 nitrogen and oxygen atoms in total. The molecule has 0 heterocycles. The Balaban J connectivity index is -0.000000200. The molecule has 0 aliphatic rings. The molecule has 0 fully saturated rings. The molecule has 18 heavy (non-hydrogen) atoms. The first kappa shape index (κ1) is 21.7. The molecule has 0 aliphatic heterocycles. The second-order valence-electron chi connectivity index (χ2n) is 3.53. The Hall–Kier alpha value is -1.59. The van der Waals surface area contributed by atoms with Gasteiger partial charge < -0.3 is 16.4 Å². The minimum atomic E-state index is -0.333. The van der Waals surface area contributed by atoms with E-state index >= 15 is 0 Å². The van der Waals surface area contributed by atoms with Gasteiger partial charge in [0, 0.05) is 33.9 Å². The SMILES string of the molecule is CC(N)=O.CCCCNC(C)=O.CCNC(C)=O. The van der Waals surface area contributed by atoms with Crippen molar-refractivity contribution in [3.63, 3.8) is 0 Å². The summed E-state index contributed by atoms with van der Waals surface area (Å²) in [5, 5.41) is 5.28. The molecule has 3 amide bonds. The van der Waals surface area contributed by atoms with Gasteiger partial charge in [-0.1, -0.05) is 13.3 Å². The lowest BCUT2D eigenvalue weighted by Gasteiger charge is -1.96. The van der Waals surface area contributed by atoms with Crippen molar-refractivity contribution in [3.05, 3.63) is 0 Å². The van der Waals surface area contributed by atoms with E-state index in [2.05, 4.69) is 23.3 Å². The molecular formula is C12H27N3O3. The standard InChI is InChI=1S/C6H13NO.C4H9NO.C2H5NO/c1-3-4-5-7-6(2)8;1-3-5-4(2)6;1-2(3)4/h3-5H2,1-2H3,(H,7,8);3H2,1-2H3,(H,5,6);1H3,(H2,3,4). The van der Waals surface area contributed by atoms with Crippen LogP contribution in [0.4, 0.5) is 0 Å². The molecular weight excluding hydrogens is 234 g/mol. The zero-order chi connectivity index (χ0) is 15.0. The van der Waals surface area contributed by atoms with Crippen LogP contribution in [-0.4, -0.2) is 30.8 Å². The van der Waals surface area contributed by atoms with E-state index in [0.717, 1.165) is 25.9 Å². The lowest BCUT2D eigenvalue weighted by atomic mass is 10.3. The second-order valence-corrected chi connectivity index (χ2v) is 3.53. The number of unbranched alkanes of at least 4 members (excludes halogenated alkanes) is 1. The van der Waals surface area contributed by atoms with E-state index in [1.54, 1.807) is 0 Å². The number of hydrogen-bond acceptors (Lipinski definition) is 3. The molecule has 4 N–H and O–H groups in total. The predicted molar refractivity (Wildman–Crippen MR) is 72.8 cm³/mol. The first-order valence-corrected chi connectivity index (χ1v) is 6.02. The van der Waals surface area contributed by atoms with E-state index < -0.39 is 0 Å². The van der Waals surface area contributed by atoms with E-state index in [0.29, 0.717) is 0 Å². The van der Waals surface area contributed by atoms with Crippen LogP contribution in [0.2, 0.25) is 0 Å². The predicted octanol–water partition coefficient (Wildman–Crippen LogP) is 0.557. The van der Waals surface area contributed by atoms with Gasteiger partial charge in [0.05, 0.1) is 0 Å². The van der Waals surface area contributed by atoms with Gasteiger partial charge in [-0.3, -0.25) is 14.4 Å². The lowest BCUT2D eigenvalue weighted by Crippen LogP contribution is -2.20. The third kappa shape index (κ3) is 63.1. The number of rotatable bonds is 4. The second kappa shape index (κ2) is 17.8. The first-order valence-electron chi connectivity index (χ1n) is 6.02. The van der Waals surface area contributed by atoms with Gasteiger partial charge in [-0.2, -0.15) is 0 Å². The number of primary amides is 1. The average Bonchev–Trinajstić information content (AvgIpc) is 2.17. The Morgan fingerprint density at radius 2 is 1.33 bits per heavy atom. The molecule has 0 saturated carbocycles. The fourth-order valence-electron chi connectivity index (χ4n) is 0.690. The van der Waals surface area contributed by atoms with Gasteiger partial charge in [-0.05, 0) is 13.3 Å². The molecule has 6 heteroatoms. The van der Waals surface area contributed by atoms with Crippen LogP contribution in [0.3, 0.4) is 0 Å². The maximum absolute atomic E-state index is 10.2. The van der Waals surface area contributed by atoms with Crippen molar-refractivity contribution in [2.75, 3.05) is 13.1 Å². The number of carbonyl (C=O) groups excluding carboxylic acids is 3. The van der Waals surface area contributed by atoms with Gasteiger partial charge >= 0.3 is 0 Å². The van der Waals surface area contributed by atoms with Crippen molar-refractivity contribution < 1.29 is 14.4 Å². The Morgan fingerprint density at radius 3 is 1.50 bits per heavy atom. The first-order chi connectivity index (χ1) is 8.27. The van der Waals surface area contributed by atoms with Gasteiger partial charge in [0.2, 0.25) is 17.7 Å². The van der Waals surface area contributed by atoms with Crippen molar-refractivity contribution in [1.82, 2.24) is 10.6 Å². The van der Waals surface area contributed by atoms with Gasteiger partial charge in [0.25, 0.3) is 0 Å². The molecule has 0 aliphatic carbocycles. The maximum Gasteiger partial charge on any atom is 0.216 e. The van der Waals surface area contributed by atoms with E-state index in [9.17, 15) is 14.4 Å². The largest absolute Gasteiger partial charge is 0.370 e. The number of carbonyl (C=O) groups is 3. The minimum absolute atomic E-state index is 0.0394. The van der Waals surface area contributed by atoms with Crippen LogP contribution in [0.1, 0.15) is 47.5 Å². The summed E-state index contributed by atoms with van der Waals surface area (Å²) in [4.78, 5) is 29.4. The smallest absolute Gasteiger partial charge is 0.216 e. The summed E-state index contributed by atoms with van der Waals surface area (Å²) in [6, 6.07) is 0. The van der Waals surface area contributed by atoms with E-state index in [1.165, 1.54) is 20.8 Å². The Morgan fingerprint density at radius 1 is 0.944 bits per heavy atom. The van der Waals surface area contributed by atoms with Crippen LogP contribution >= 0.6 is 0 Å². The van der Waals surface area contributed by atoms with Crippen molar-refractivity contribution >= 4 is 17.7 Å². The van der Waals surface area contributed by atoms with Gasteiger partial charge in [0.1, 0.15) is 0 Å². The average molecular weight is 261 g/mol. The molecule has 0 bridgehead atoms. The lowest BCUT2D eigenvalue weighted by molar-refractivity contribution is -0.119. The van der Waals surface area contributed by atoms with Crippen LogP contribution in [0.15, 0.2) is 0 Å². The monoisotopic (exact) mass is 261 g/mol. The van der Waals surface area contributed by atoms with Crippen molar-refractivity contribution in [3.8, 4) is 0 Å². The topological polar surface area (TPSA) is 101 Å². The summed E-state index contributed by atoms with van der Waals surface area (Å²) in [7, 11) is 0. The fourth-order valence-corrected chi connectivity index (χ4v) is 0.690. The van der Waals surface area contributed by atoms with Gasteiger partial charge in [-0.25, -0.2) is 0 Å².